The number of nitrogens with one attached hydrogen (secondary N) is 1. The monoisotopic (exact) mass is 227 g/mol. The van der Waals surface area contributed by atoms with E-state index in [0.29, 0.717) is 6.42 Å². The van der Waals surface area contributed by atoms with Gasteiger partial charge in [0.15, 0.2) is 4.90 Å². The summed E-state index contributed by atoms with van der Waals surface area (Å²) >= 11 is 0.206. The van der Waals surface area contributed by atoms with Crippen LogP contribution < -0.4 is 4.13 Å². The van der Waals surface area contributed by atoms with E-state index in [9.17, 15) is 8.94 Å². The van der Waals surface area contributed by atoms with Gasteiger partial charge in [0.2, 0.25) is 0 Å². The molecule has 0 radical (unpaired) electrons. The summed E-state index contributed by atoms with van der Waals surface area (Å²) < 4.78 is 25.7. The van der Waals surface area contributed by atoms with Crippen LogP contribution in [0.4, 0.5) is 4.39 Å². The Bertz CT molecular complexity index is 413. The van der Waals surface area contributed by atoms with Crippen molar-refractivity contribution in [1.29, 1.82) is 0 Å². The van der Waals surface area contributed by atoms with Crippen LogP contribution in [0.1, 0.15) is 5.56 Å². The molecule has 1 heterocycles. The molecule has 0 aliphatic carbocycles. The first-order valence-corrected chi connectivity index (χ1v) is 5.83. The highest BCUT2D eigenvalue weighted by atomic mass is 32.3. The third-order valence-corrected chi connectivity index (χ3v) is 4.18. The molecule has 72 valence electrons. The summed E-state index contributed by atoms with van der Waals surface area (Å²) in [5, 5.41) is 0. The first-order chi connectivity index (χ1) is 6.81. The highest BCUT2D eigenvalue weighted by molar-refractivity contribution is 8.11. The summed E-state index contributed by atoms with van der Waals surface area (Å²) in [5.41, 5.74) is 0.881. The van der Waals surface area contributed by atoms with Gasteiger partial charge in [-0.3, -0.25) is 0 Å². The van der Waals surface area contributed by atoms with E-state index in [-0.39, 0.29) is 0 Å². The maximum Gasteiger partial charge on any atom is 0.190 e. The molecule has 2 nitrogen and oxygen atoms in total. The van der Waals surface area contributed by atoms with Crippen LogP contribution in [0.3, 0.4) is 0 Å². The minimum atomic E-state index is -1.14. The van der Waals surface area contributed by atoms with E-state index in [1.807, 2.05) is 12.1 Å². The van der Waals surface area contributed by atoms with E-state index in [2.05, 4.69) is 10.0 Å². The molecule has 1 aromatic rings. The van der Waals surface area contributed by atoms with Gasteiger partial charge in [-0.1, -0.05) is 16.1 Å². The zero-order valence-corrected chi connectivity index (χ0v) is 8.67. The number of benzene rings is 1. The second kappa shape index (κ2) is 4.24. The van der Waals surface area contributed by atoms with Crippen molar-refractivity contribution in [1.82, 2.24) is 4.13 Å². The largest absolute Gasteiger partial charge is 0.592 e. The average Bonchev–Trinajstić information content (AvgIpc) is 2.57. The van der Waals surface area contributed by atoms with Crippen molar-refractivity contribution in [2.45, 2.75) is 16.2 Å². The van der Waals surface area contributed by atoms with Gasteiger partial charge >= 0.3 is 0 Å². The summed E-state index contributed by atoms with van der Waals surface area (Å²) in [6.07, 6.45) is 1.70. The Labute approximate surface area is 88.7 Å². The quantitative estimate of drug-likeness (QED) is 0.451. The molecule has 1 aliphatic rings. The van der Waals surface area contributed by atoms with Crippen molar-refractivity contribution in [2.75, 3.05) is 0 Å². The first kappa shape index (κ1) is 9.87. The molecule has 0 aromatic heterocycles. The molecule has 5 heteroatoms. The van der Waals surface area contributed by atoms with E-state index in [0.717, 1.165) is 15.4 Å². The molecular formula is C9H6FNOS2. The van der Waals surface area contributed by atoms with Crippen LogP contribution in [-0.4, -0.2) is 4.55 Å². The lowest BCUT2D eigenvalue weighted by molar-refractivity contribution is 0.593. The lowest BCUT2D eigenvalue weighted by Crippen LogP contribution is -2.09. The van der Waals surface area contributed by atoms with Crippen molar-refractivity contribution in [3.05, 3.63) is 23.8 Å². The Balaban J connectivity index is 2.28. The third-order valence-electron chi connectivity index (χ3n) is 1.79. The van der Waals surface area contributed by atoms with Gasteiger partial charge in [0.1, 0.15) is 6.17 Å². The first-order valence-electron chi connectivity index (χ1n) is 3.87. The Hall–Kier alpha value is -0.670. The summed E-state index contributed by atoms with van der Waals surface area (Å²) in [6.45, 7) is 0. The summed E-state index contributed by atoms with van der Waals surface area (Å²) in [7, 11) is 0. The molecule has 0 spiro atoms. The molecule has 1 aliphatic heterocycles. The van der Waals surface area contributed by atoms with Crippen LogP contribution in [0.25, 0.3) is 0 Å². The number of hydrogen-bond donors (Lipinski definition) is 1. The highest BCUT2D eigenvalue weighted by Crippen LogP contribution is 2.33. The zero-order valence-electron chi connectivity index (χ0n) is 7.04. The van der Waals surface area contributed by atoms with Crippen molar-refractivity contribution in [3.8, 4) is 12.1 Å². The van der Waals surface area contributed by atoms with Crippen LogP contribution in [0.15, 0.2) is 28.0 Å². The number of halogens is 1. The third kappa shape index (κ3) is 1.88. The smallest absolute Gasteiger partial charge is 0.190 e. The fourth-order valence-electron chi connectivity index (χ4n) is 1.15. The van der Waals surface area contributed by atoms with Crippen LogP contribution in [0.5, 0.6) is 0 Å². The lowest BCUT2D eigenvalue weighted by atomic mass is 10.2. The SMILES string of the molecule is [O-][S+]1NSc2ccc(CC#CF)cc21. The van der Waals surface area contributed by atoms with Gasteiger partial charge in [-0.2, -0.15) is 0 Å². The van der Waals surface area contributed by atoms with Crippen LogP contribution >= 0.6 is 11.9 Å². The number of hydrogen-bond acceptors (Lipinski definition) is 3. The average molecular weight is 227 g/mol. The molecule has 0 fully saturated rings. The van der Waals surface area contributed by atoms with E-state index < -0.39 is 11.4 Å². The van der Waals surface area contributed by atoms with Crippen LogP contribution in [-0.2, 0) is 17.8 Å². The van der Waals surface area contributed by atoms with Crippen molar-refractivity contribution < 1.29 is 8.94 Å². The summed E-state index contributed by atoms with van der Waals surface area (Å²) in [4.78, 5) is 1.72. The second-order valence-electron chi connectivity index (χ2n) is 2.68. The maximum absolute atomic E-state index is 11.6. The predicted octanol–water partition coefficient (Wildman–Crippen LogP) is 1.79. The van der Waals surface area contributed by atoms with Gasteiger partial charge in [0.25, 0.3) is 0 Å². The second-order valence-corrected chi connectivity index (χ2v) is 4.97. The Morgan fingerprint density at radius 3 is 3.21 bits per heavy atom. The molecule has 0 amide bonds. The van der Waals surface area contributed by atoms with Gasteiger partial charge in [-0.25, -0.2) is 0 Å². The topological polar surface area (TPSA) is 35.1 Å². The molecule has 2 rings (SSSR count). The summed E-state index contributed by atoms with van der Waals surface area (Å²) in [6, 6.07) is 5.52. The van der Waals surface area contributed by atoms with Crippen molar-refractivity contribution in [3.63, 3.8) is 0 Å². The molecule has 0 saturated heterocycles. The van der Waals surface area contributed by atoms with Gasteiger partial charge in [-0.15, -0.1) is 4.39 Å². The minimum absolute atomic E-state index is 0.353. The summed E-state index contributed by atoms with van der Waals surface area (Å²) in [5.74, 6) is 2.33. The normalized spacial score (nSPS) is 18.6. The van der Waals surface area contributed by atoms with Crippen molar-refractivity contribution >= 4 is 23.3 Å². The minimum Gasteiger partial charge on any atom is -0.592 e. The molecule has 0 saturated carbocycles. The molecule has 1 aromatic carbocycles. The fourth-order valence-corrected chi connectivity index (χ4v) is 3.33. The van der Waals surface area contributed by atoms with E-state index in [1.54, 1.807) is 6.07 Å². The van der Waals surface area contributed by atoms with Crippen LogP contribution in [0, 0.1) is 12.1 Å². The van der Waals surface area contributed by atoms with E-state index in [1.165, 1.54) is 18.1 Å². The van der Waals surface area contributed by atoms with Gasteiger partial charge < -0.3 is 4.55 Å². The van der Waals surface area contributed by atoms with E-state index >= 15 is 0 Å². The molecule has 1 unspecified atom stereocenters. The molecule has 1 atom stereocenters. The van der Waals surface area contributed by atoms with Gasteiger partial charge in [-0.05, 0) is 11.6 Å². The Morgan fingerprint density at radius 1 is 1.57 bits per heavy atom. The van der Waals surface area contributed by atoms with Gasteiger partial charge in [0.05, 0.1) is 16.3 Å². The Kier molecular flexibility index (Phi) is 2.99. The molecule has 14 heavy (non-hydrogen) atoms. The van der Waals surface area contributed by atoms with E-state index in [4.69, 9.17) is 0 Å². The number of fused-ring (bicyclic) bond motifs is 1. The van der Waals surface area contributed by atoms with Crippen molar-refractivity contribution in [2.24, 2.45) is 0 Å². The molecular weight excluding hydrogens is 221 g/mol. The Morgan fingerprint density at radius 2 is 2.43 bits per heavy atom. The maximum atomic E-state index is 11.6. The molecule has 1 N–H and O–H groups in total. The van der Waals surface area contributed by atoms with Gasteiger partial charge in [0, 0.05) is 24.4 Å². The highest BCUT2D eigenvalue weighted by Gasteiger charge is 2.25. The predicted molar refractivity (Wildman–Crippen MR) is 54.4 cm³/mol. The zero-order chi connectivity index (χ0) is 9.97. The lowest BCUT2D eigenvalue weighted by Gasteiger charge is -2.01. The standard InChI is InChI=1S/C9H6FNOS2/c10-5-1-2-7-3-4-8-9(6-7)14(12)11-13-8/h3-4,6,11H,2H2. The number of rotatable bonds is 1. The molecule has 0 bridgehead atoms. The fraction of sp³-hybridized carbons (Fsp3) is 0.111. The van der Waals surface area contributed by atoms with Crippen LogP contribution in [0.2, 0.25) is 0 Å².